The summed E-state index contributed by atoms with van der Waals surface area (Å²) in [5, 5.41) is 7.18. The van der Waals surface area contributed by atoms with Crippen molar-refractivity contribution in [1.82, 2.24) is 15.0 Å². The number of rotatable bonds is 5. The Bertz CT molecular complexity index is 3510. The number of aromatic nitrogens is 3. The van der Waals surface area contributed by atoms with E-state index in [-0.39, 0.29) is 5.41 Å². The van der Waals surface area contributed by atoms with E-state index >= 15 is 0 Å². The van der Waals surface area contributed by atoms with E-state index in [0.717, 1.165) is 55.3 Å². The molecular weight excluding hydrogens is 731 g/mol. The van der Waals surface area contributed by atoms with Gasteiger partial charge in [0.2, 0.25) is 0 Å². The zero-order valence-corrected chi connectivity index (χ0v) is 33.1. The van der Waals surface area contributed by atoms with Crippen molar-refractivity contribution >= 4 is 43.5 Å². The van der Waals surface area contributed by atoms with Gasteiger partial charge in [-0.1, -0.05) is 172 Å². The highest BCUT2D eigenvalue weighted by molar-refractivity contribution is 6.16. The molecule has 0 spiro atoms. The van der Waals surface area contributed by atoms with Crippen LogP contribution in [-0.2, 0) is 5.41 Å². The number of benzene rings is 9. The summed E-state index contributed by atoms with van der Waals surface area (Å²) in [7, 11) is 0. The molecule has 4 heteroatoms. The van der Waals surface area contributed by atoms with Gasteiger partial charge in [0.1, 0.15) is 11.2 Å². The van der Waals surface area contributed by atoms with Crippen molar-refractivity contribution in [2.24, 2.45) is 0 Å². The maximum atomic E-state index is 6.50. The lowest BCUT2D eigenvalue weighted by Crippen LogP contribution is -2.14. The quantitative estimate of drug-likeness (QED) is 0.164. The van der Waals surface area contributed by atoms with Crippen LogP contribution in [0.25, 0.3) is 111 Å². The van der Waals surface area contributed by atoms with E-state index in [1.54, 1.807) is 0 Å². The van der Waals surface area contributed by atoms with Gasteiger partial charge in [-0.2, -0.15) is 0 Å². The molecular formula is C56H37N3O. The molecule has 0 fully saturated rings. The highest BCUT2D eigenvalue weighted by Gasteiger charge is 2.35. The molecule has 0 atom stereocenters. The molecule has 60 heavy (non-hydrogen) atoms. The summed E-state index contributed by atoms with van der Waals surface area (Å²) in [6.45, 7) is 4.60. The predicted molar refractivity (Wildman–Crippen MR) is 247 cm³/mol. The van der Waals surface area contributed by atoms with Crippen LogP contribution in [0.15, 0.2) is 192 Å². The Hall–Kier alpha value is -7.69. The van der Waals surface area contributed by atoms with Crippen molar-refractivity contribution in [3.63, 3.8) is 0 Å². The van der Waals surface area contributed by atoms with Crippen LogP contribution >= 0.6 is 0 Å². The Morgan fingerprint density at radius 3 is 1.77 bits per heavy atom. The zero-order valence-electron chi connectivity index (χ0n) is 33.1. The molecule has 0 saturated carbocycles. The third-order valence-electron chi connectivity index (χ3n) is 12.5. The molecule has 1 aliphatic rings. The van der Waals surface area contributed by atoms with Crippen LogP contribution in [0.1, 0.15) is 25.0 Å². The predicted octanol–water partition coefficient (Wildman–Crippen LogP) is 14.7. The third-order valence-corrected chi connectivity index (χ3v) is 12.5. The molecule has 0 unspecified atom stereocenters. The molecule has 1 aliphatic carbocycles. The van der Waals surface area contributed by atoms with Gasteiger partial charge in [-0.05, 0) is 96.4 Å². The zero-order chi connectivity index (χ0) is 40.0. The summed E-state index contributed by atoms with van der Waals surface area (Å²) in [6.07, 6.45) is 0. The normalized spacial score (nSPS) is 13.0. The summed E-state index contributed by atoms with van der Waals surface area (Å²) in [5.74, 6) is 1.92. The first-order valence-corrected chi connectivity index (χ1v) is 20.5. The van der Waals surface area contributed by atoms with E-state index in [0.29, 0.717) is 17.5 Å². The van der Waals surface area contributed by atoms with Gasteiger partial charge in [0, 0.05) is 32.9 Å². The second-order valence-corrected chi connectivity index (χ2v) is 16.4. The SMILES string of the molecule is CC1(C)c2ccccc2-c2cc(-c3nc(-c4ccccc4)nc(-c4ccc(-c5cccc6oc7ccc(-c8cc9ccccc9c9ccccc89)cc7c56)cc4)n3)ccc21. The van der Waals surface area contributed by atoms with Crippen LogP contribution in [0.3, 0.4) is 0 Å². The summed E-state index contributed by atoms with van der Waals surface area (Å²) >= 11 is 0. The Morgan fingerprint density at radius 2 is 0.950 bits per heavy atom. The Morgan fingerprint density at radius 1 is 0.350 bits per heavy atom. The van der Waals surface area contributed by atoms with Gasteiger partial charge in [-0.15, -0.1) is 0 Å². The fraction of sp³-hybridized carbons (Fsp3) is 0.0536. The lowest BCUT2D eigenvalue weighted by Gasteiger charge is -2.21. The summed E-state index contributed by atoms with van der Waals surface area (Å²) in [4.78, 5) is 15.3. The number of furan rings is 1. The van der Waals surface area contributed by atoms with Gasteiger partial charge in [-0.25, -0.2) is 15.0 Å². The maximum absolute atomic E-state index is 6.50. The monoisotopic (exact) mass is 767 g/mol. The smallest absolute Gasteiger partial charge is 0.164 e. The molecule has 0 bridgehead atoms. The van der Waals surface area contributed by atoms with E-state index in [1.807, 2.05) is 18.2 Å². The second kappa shape index (κ2) is 13.2. The fourth-order valence-electron chi connectivity index (χ4n) is 9.54. The van der Waals surface area contributed by atoms with E-state index in [2.05, 4.69) is 184 Å². The standard InChI is InChI=1S/C56H37N3O/c1-56(2)48-21-11-10-19-44(48)46-33-39(27-29-49(46)56)55-58-53(35-13-4-3-5-14-35)57-54(59-55)36-25-23-34(24-26-36)41-20-12-22-51-52(41)47-32-38(28-30-50(47)60-51)45-31-37-15-6-7-16-40(37)42-17-8-9-18-43(42)45/h3-33H,1-2H3. The average molecular weight is 768 g/mol. The Labute approximate surface area is 347 Å². The molecule has 282 valence electrons. The van der Waals surface area contributed by atoms with Gasteiger partial charge < -0.3 is 4.42 Å². The minimum Gasteiger partial charge on any atom is -0.456 e. The van der Waals surface area contributed by atoms with E-state index < -0.39 is 0 Å². The Balaban J connectivity index is 0.964. The lowest BCUT2D eigenvalue weighted by atomic mass is 9.82. The highest BCUT2D eigenvalue weighted by atomic mass is 16.3. The number of hydrogen-bond donors (Lipinski definition) is 0. The first kappa shape index (κ1) is 34.4. The number of hydrogen-bond acceptors (Lipinski definition) is 4. The van der Waals surface area contributed by atoms with Gasteiger partial charge in [0.15, 0.2) is 17.5 Å². The van der Waals surface area contributed by atoms with Crippen molar-refractivity contribution in [2.75, 3.05) is 0 Å². The molecule has 0 N–H and O–H groups in total. The van der Waals surface area contributed by atoms with Crippen LogP contribution in [0.5, 0.6) is 0 Å². The maximum Gasteiger partial charge on any atom is 0.164 e. The minimum absolute atomic E-state index is 0.0762. The van der Waals surface area contributed by atoms with Crippen LogP contribution in [0.2, 0.25) is 0 Å². The second-order valence-electron chi connectivity index (χ2n) is 16.4. The number of fused-ring (bicyclic) bond motifs is 9. The molecule has 0 saturated heterocycles. The average Bonchev–Trinajstić information content (AvgIpc) is 3.80. The molecule has 11 aromatic rings. The molecule has 0 amide bonds. The first-order valence-electron chi connectivity index (χ1n) is 20.5. The van der Waals surface area contributed by atoms with E-state index in [1.165, 1.54) is 49.4 Å². The fourth-order valence-corrected chi connectivity index (χ4v) is 9.54. The van der Waals surface area contributed by atoms with Crippen molar-refractivity contribution in [2.45, 2.75) is 19.3 Å². The van der Waals surface area contributed by atoms with Crippen molar-refractivity contribution in [3.8, 4) is 67.5 Å². The van der Waals surface area contributed by atoms with E-state index in [9.17, 15) is 0 Å². The molecule has 0 aliphatic heterocycles. The third kappa shape index (κ3) is 5.34. The van der Waals surface area contributed by atoms with Crippen LogP contribution in [0, 0.1) is 0 Å². The molecule has 12 rings (SSSR count). The van der Waals surface area contributed by atoms with E-state index in [4.69, 9.17) is 19.4 Å². The molecule has 4 nitrogen and oxygen atoms in total. The Kier molecular flexibility index (Phi) is 7.54. The molecule has 2 aromatic heterocycles. The molecule has 0 radical (unpaired) electrons. The highest BCUT2D eigenvalue weighted by Crippen LogP contribution is 2.49. The van der Waals surface area contributed by atoms with Gasteiger partial charge in [0.25, 0.3) is 0 Å². The first-order chi connectivity index (χ1) is 29.5. The van der Waals surface area contributed by atoms with Crippen LogP contribution < -0.4 is 0 Å². The van der Waals surface area contributed by atoms with Crippen LogP contribution in [0.4, 0.5) is 0 Å². The minimum atomic E-state index is -0.0762. The van der Waals surface area contributed by atoms with Gasteiger partial charge in [0.05, 0.1) is 0 Å². The summed E-state index contributed by atoms with van der Waals surface area (Å²) in [6, 6.07) is 66.7. The molecule has 2 heterocycles. The summed E-state index contributed by atoms with van der Waals surface area (Å²) in [5.41, 5.74) is 14.2. The van der Waals surface area contributed by atoms with Crippen molar-refractivity contribution < 1.29 is 4.42 Å². The van der Waals surface area contributed by atoms with Crippen molar-refractivity contribution in [3.05, 3.63) is 199 Å². The van der Waals surface area contributed by atoms with Crippen molar-refractivity contribution in [1.29, 1.82) is 0 Å². The van der Waals surface area contributed by atoms with Gasteiger partial charge in [-0.3, -0.25) is 0 Å². The largest absolute Gasteiger partial charge is 0.456 e. The topological polar surface area (TPSA) is 51.8 Å². The van der Waals surface area contributed by atoms with Gasteiger partial charge >= 0.3 is 0 Å². The summed E-state index contributed by atoms with van der Waals surface area (Å²) < 4.78 is 6.50. The number of nitrogens with zero attached hydrogens (tertiary/aromatic N) is 3. The molecule has 9 aromatic carbocycles. The lowest BCUT2D eigenvalue weighted by molar-refractivity contribution is 0.660. The van der Waals surface area contributed by atoms with Crippen LogP contribution in [-0.4, -0.2) is 15.0 Å².